The standard InChI is InChI=1S/C19H13ClF3N5O2S/c1-24-18(30)14-7-16(27-9-26-14)31-15-5-3-11(8-25-15)28-17(29)10-2-4-13(20)12(6-10)19(21,22)23/h2-9H,1H3,(H,24,30)(H,28,29). The van der Waals surface area contributed by atoms with Gasteiger partial charge in [-0.05, 0) is 42.1 Å². The quantitative estimate of drug-likeness (QED) is 0.543. The van der Waals surface area contributed by atoms with Crippen molar-refractivity contribution in [3.05, 3.63) is 70.8 Å². The van der Waals surface area contributed by atoms with Crippen LogP contribution in [0.3, 0.4) is 0 Å². The van der Waals surface area contributed by atoms with E-state index >= 15 is 0 Å². The monoisotopic (exact) mass is 467 g/mol. The molecule has 12 heteroatoms. The SMILES string of the molecule is CNC(=O)c1cc(Sc2ccc(NC(=O)c3ccc(Cl)c(C(F)(F)F)c3)cn2)ncn1. The second-order valence-corrected chi connectivity index (χ2v) is 7.40. The Morgan fingerprint density at radius 1 is 1.00 bits per heavy atom. The second kappa shape index (κ2) is 9.31. The Bertz CT molecular complexity index is 1130. The predicted molar refractivity (Wildman–Crippen MR) is 108 cm³/mol. The summed E-state index contributed by atoms with van der Waals surface area (Å²) in [5, 5.41) is 5.46. The number of pyridine rings is 1. The van der Waals surface area contributed by atoms with Crippen molar-refractivity contribution in [1.29, 1.82) is 0 Å². The van der Waals surface area contributed by atoms with Crippen LogP contribution in [0.2, 0.25) is 5.02 Å². The first-order valence-electron chi connectivity index (χ1n) is 8.53. The number of nitrogens with zero attached hydrogens (tertiary/aromatic N) is 3. The highest BCUT2D eigenvalue weighted by molar-refractivity contribution is 7.99. The summed E-state index contributed by atoms with van der Waals surface area (Å²) in [5.41, 5.74) is -0.803. The number of aromatic nitrogens is 3. The van der Waals surface area contributed by atoms with Crippen LogP contribution in [0.4, 0.5) is 18.9 Å². The van der Waals surface area contributed by atoms with Gasteiger partial charge in [0.25, 0.3) is 11.8 Å². The largest absolute Gasteiger partial charge is 0.417 e. The van der Waals surface area contributed by atoms with Gasteiger partial charge in [-0.25, -0.2) is 15.0 Å². The molecular formula is C19H13ClF3N5O2S. The molecule has 160 valence electrons. The summed E-state index contributed by atoms with van der Waals surface area (Å²) < 4.78 is 38.9. The van der Waals surface area contributed by atoms with E-state index in [-0.39, 0.29) is 22.9 Å². The second-order valence-electron chi connectivity index (χ2n) is 5.95. The first-order chi connectivity index (χ1) is 14.7. The van der Waals surface area contributed by atoms with Crippen LogP contribution >= 0.6 is 23.4 Å². The highest BCUT2D eigenvalue weighted by atomic mass is 35.5. The van der Waals surface area contributed by atoms with E-state index in [4.69, 9.17) is 11.6 Å². The molecule has 31 heavy (non-hydrogen) atoms. The molecule has 7 nitrogen and oxygen atoms in total. The molecule has 0 spiro atoms. The molecule has 0 radical (unpaired) electrons. The highest BCUT2D eigenvalue weighted by Crippen LogP contribution is 2.35. The van der Waals surface area contributed by atoms with Crippen LogP contribution in [0.25, 0.3) is 0 Å². The fourth-order valence-corrected chi connectivity index (χ4v) is 3.31. The number of nitrogens with one attached hydrogen (secondary N) is 2. The number of hydrogen-bond donors (Lipinski definition) is 2. The summed E-state index contributed by atoms with van der Waals surface area (Å²) in [6.07, 6.45) is -2.07. The third-order valence-electron chi connectivity index (χ3n) is 3.84. The lowest BCUT2D eigenvalue weighted by molar-refractivity contribution is -0.137. The molecule has 1 aromatic carbocycles. The smallest absolute Gasteiger partial charge is 0.354 e. The minimum atomic E-state index is -4.67. The molecule has 3 aromatic rings. The third kappa shape index (κ3) is 5.70. The lowest BCUT2D eigenvalue weighted by Crippen LogP contribution is -2.19. The normalized spacial score (nSPS) is 11.1. The topological polar surface area (TPSA) is 96.9 Å². The molecule has 0 unspecified atom stereocenters. The minimum Gasteiger partial charge on any atom is -0.354 e. The van der Waals surface area contributed by atoms with Crippen molar-refractivity contribution in [2.75, 3.05) is 12.4 Å². The Kier molecular flexibility index (Phi) is 6.76. The van der Waals surface area contributed by atoms with Crippen LogP contribution in [0.15, 0.2) is 59.0 Å². The maximum absolute atomic E-state index is 13.0. The Morgan fingerprint density at radius 2 is 1.77 bits per heavy atom. The van der Waals surface area contributed by atoms with Gasteiger partial charge in [0.15, 0.2) is 0 Å². The molecule has 0 fully saturated rings. The molecule has 0 aliphatic carbocycles. The molecule has 2 N–H and O–H groups in total. The van der Waals surface area contributed by atoms with Crippen molar-refractivity contribution in [2.24, 2.45) is 0 Å². The molecule has 0 saturated carbocycles. The minimum absolute atomic E-state index is 0.196. The van der Waals surface area contributed by atoms with Crippen LogP contribution in [-0.2, 0) is 6.18 Å². The first kappa shape index (κ1) is 22.5. The molecule has 2 amide bonds. The van der Waals surface area contributed by atoms with Crippen molar-refractivity contribution >= 4 is 40.9 Å². The van der Waals surface area contributed by atoms with E-state index in [1.54, 1.807) is 6.07 Å². The van der Waals surface area contributed by atoms with Crippen molar-refractivity contribution in [2.45, 2.75) is 16.2 Å². The number of hydrogen-bond acceptors (Lipinski definition) is 6. The van der Waals surface area contributed by atoms with E-state index in [0.29, 0.717) is 16.1 Å². The summed E-state index contributed by atoms with van der Waals surface area (Å²) >= 11 is 6.74. The van der Waals surface area contributed by atoms with Crippen molar-refractivity contribution < 1.29 is 22.8 Å². The van der Waals surface area contributed by atoms with Crippen LogP contribution in [0.5, 0.6) is 0 Å². The fraction of sp³-hybridized carbons (Fsp3) is 0.105. The van der Waals surface area contributed by atoms with Crippen LogP contribution in [0, 0.1) is 0 Å². The lowest BCUT2D eigenvalue weighted by Gasteiger charge is -2.11. The zero-order chi connectivity index (χ0) is 22.6. The number of anilines is 1. The molecule has 0 atom stereocenters. The molecule has 2 aromatic heterocycles. The van der Waals surface area contributed by atoms with E-state index in [0.717, 1.165) is 6.07 Å². The van der Waals surface area contributed by atoms with E-state index in [1.165, 1.54) is 49.5 Å². The predicted octanol–water partition coefficient (Wildman–Crippen LogP) is 4.31. The Morgan fingerprint density at radius 3 is 2.42 bits per heavy atom. The summed E-state index contributed by atoms with van der Waals surface area (Å²) in [6.45, 7) is 0. The number of benzene rings is 1. The third-order valence-corrected chi connectivity index (χ3v) is 5.05. The number of halogens is 4. The number of carbonyl (C=O) groups is 2. The van der Waals surface area contributed by atoms with Crippen molar-refractivity contribution in [3.8, 4) is 0 Å². The number of rotatable bonds is 5. The molecule has 2 heterocycles. The maximum Gasteiger partial charge on any atom is 0.417 e. The average molecular weight is 468 g/mol. The zero-order valence-electron chi connectivity index (χ0n) is 15.7. The van der Waals surface area contributed by atoms with Crippen molar-refractivity contribution in [3.63, 3.8) is 0 Å². The zero-order valence-corrected chi connectivity index (χ0v) is 17.3. The Labute approximate surface area is 183 Å². The Hall–Kier alpha value is -3.18. The summed E-state index contributed by atoms with van der Waals surface area (Å²) in [7, 11) is 1.49. The van der Waals surface area contributed by atoms with Gasteiger partial charge < -0.3 is 10.6 Å². The molecular weight excluding hydrogens is 455 g/mol. The van der Waals surface area contributed by atoms with Gasteiger partial charge >= 0.3 is 6.18 Å². The van der Waals surface area contributed by atoms with Gasteiger partial charge in [0.05, 0.1) is 22.5 Å². The summed E-state index contributed by atoms with van der Waals surface area (Å²) in [5.74, 6) is -1.10. The molecule has 0 aliphatic heterocycles. The van der Waals surface area contributed by atoms with Gasteiger partial charge in [-0.1, -0.05) is 11.6 Å². The van der Waals surface area contributed by atoms with E-state index in [2.05, 4.69) is 25.6 Å². The van der Waals surface area contributed by atoms with Gasteiger partial charge in [-0.2, -0.15) is 13.2 Å². The van der Waals surface area contributed by atoms with Crippen LogP contribution < -0.4 is 10.6 Å². The Balaban J connectivity index is 1.70. The molecule has 0 aliphatic rings. The van der Waals surface area contributed by atoms with Crippen molar-refractivity contribution in [1.82, 2.24) is 20.3 Å². The molecule has 3 rings (SSSR count). The van der Waals surface area contributed by atoms with Crippen LogP contribution in [0.1, 0.15) is 26.4 Å². The molecule has 0 saturated heterocycles. The van der Waals surface area contributed by atoms with E-state index < -0.39 is 22.7 Å². The molecule has 0 bridgehead atoms. The van der Waals surface area contributed by atoms with Gasteiger partial charge in [0, 0.05) is 18.7 Å². The van der Waals surface area contributed by atoms with Gasteiger partial charge in [0.1, 0.15) is 22.1 Å². The van der Waals surface area contributed by atoms with E-state index in [1.807, 2.05) is 0 Å². The lowest BCUT2D eigenvalue weighted by atomic mass is 10.1. The van der Waals surface area contributed by atoms with Gasteiger partial charge in [-0.15, -0.1) is 0 Å². The number of amides is 2. The van der Waals surface area contributed by atoms with Gasteiger partial charge in [-0.3, -0.25) is 9.59 Å². The average Bonchev–Trinajstić information content (AvgIpc) is 2.74. The first-order valence-corrected chi connectivity index (χ1v) is 9.73. The maximum atomic E-state index is 13.0. The fourth-order valence-electron chi connectivity index (χ4n) is 2.36. The summed E-state index contributed by atoms with van der Waals surface area (Å²) in [4.78, 5) is 36.0. The highest BCUT2D eigenvalue weighted by Gasteiger charge is 2.33. The van der Waals surface area contributed by atoms with Crippen LogP contribution in [-0.4, -0.2) is 33.8 Å². The van der Waals surface area contributed by atoms with E-state index in [9.17, 15) is 22.8 Å². The summed E-state index contributed by atoms with van der Waals surface area (Å²) in [6, 6.07) is 7.53. The van der Waals surface area contributed by atoms with Gasteiger partial charge in [0.2, 0.25) is 0 Å². The number of alkyl halides is 3. The number of carbonyl (C=O) groups excluding carboxylic acids is 2.